The molecule has 0 amide bonds. The standard InChI is InChI=1S/C14H14BrClN2O/c1-8-4-5-11(15)10(6-8)13(19)7-12-14(16)9(2)17-18(12)3/h4-6H,7H2,1-3H3. The third kappa shape index (κ3) is 2.90. The van der Waals surface area contributed by atoms with E-state index in [0.29, 0.717) is 10.6 Å². The van der Waals surface area contributed by atoms with Crippen LogP contribution in [0.5, 0.6) is 0 Å². The molecule has 0 bridgehead atoms. The van der Waals surface area contributed by atoms with Crippen LogP contribution in [0, 0.1) is 13.8 Å². The number of carbonyl (C=O) groups excluding carboxylic acids is 1. The number of aryl methyl sites for hydroxylation is 3. The number of aromatic nitrogens is 2. The van der Waals surface area contributed by atoms with Crippen molar-refractivity contribution in [3.63, 3.8) is 0 Å². The zero-order chi connectivity index (χ0) is 14.2. The Kier molecular flexibility index (Phi) is 4.11. The molecule has 0 fully saturated rings. The quantitative estimate of drug-likeness (QED) is 0.794. The van der Waals surface area contributed by atoms with Gasteiger partial charge in [0.2, 0.25) is 0 Å². The molecule has 5 heteroatoms. The molecule has 0 saturated carbocycles. The summed E-state index contributed by atoms with van der Waals surface area (Å²) in [5.41, 5.74) is 3.22. The molecule has 0 saturated heterocycles. The zero-order valence-corrected chi connectivity index (χ0v) is 13.3. The van der Waals surface area contributed by atoms with Crippen LogP contribution in [0.2, 0.25) is 5.02 Å². The fraction of sp³-hybridized carbons (Fsp3) is 0.286. The molecule has 1 aromatic heterocycles. The van der Waals surface area contributed by atoms with Crippen LogP contribution in [-0.4, -0.2) is 15.6 Å². The summed E-state index contributed by atoms with van der Waals surface area (Å²) in [5, 5.41) is 4.79. The number of halogens is 2. The van der Waals surface area contributed by atoms with Gasteiger partial charge >= 0.3 is 0 Å². The summed E-state index contributed by atoms with van der Waals surface area (Å²) in [6.45, 7) is 3.79. The van der Waals surface area contributed by atoms with Gasteiger partial charge in [0.15, 0.2) is 5.78 Å². The molecule has 19 heavy (non-hydrogen) atoms. The molecule has 0 atom stereocenters. The lowest BCUT2D eigenvalue weighted by molar-refractivity contribution is 0.0990. The number of hydrogen-bond acceptors (Lipinski definition) is 2. The Morgan fingerprint density at radius 1 is 1.42 bits per heavy atom. The third-order valence-electron chi connectivity index (χ3n) is 3.01. The molecule has 100 valence electrons. The molecule has 0 aliphatic rings. The summed E-state index contributed by atoms with van der Waals surface area (Å²) in [6.07, 6.45) is 0.248. The Labute approximate surface area is 125 Å². The minimum absolute atomic E-state index is 0.0282. The Morgan fingerprint density at radius 3 is 2.68 bits per heavy atom. The van der Waals surface area contributed by atoms with Gasteiger partial charge in [0, 0.05) is 17.1 Å². The third-order valence-corrected chi connectivity index (χ3v) is 4.20. The van der Waals surface area contributed by atoms with Crippen LogP contribution in [0.25, 0.3) is 0 Å². The van der Waals surface area contributed by atoms with E-state index in [4.69, 9.17) is 11.6 Å². The van der Waals surface area contributed by atoms with Crippen LogP contribution in [0.3, 0.4) is 0 Å². The van der Waals surface area contributed by atoms with Crippen LogP contribution in [0.4, 0.5) is 0 Å². The first-order valence-electron chi connectivity index (χ1n) is 5.87. The molecule has 1 heterocycles. The van der Waals surface area contributed by atoms with Gasteiger partial charge in [-0.15, -0.1) is 0 Å². The van der Waals surface area contributed by atoms with Crippen molar-refractivity contribution in [1.82, 2.24) is 9.78 Å². The van der Waals surface area contributed by atoms with Crippen molar-refractivity contribution < 1.29 is 4.79 Å². The van der Waals surface area contributed by atoms with E-state index >= 15 is 0 Å². The fourth-order valence-corrected chi connectivity index (χ4v) is 2.67. The van der Waals surface area contributed by atoms with Gasteiger partial charge in [-0.25, -0.2) is 0 Å². The topological polar surface area (TPSA) is 34.9 Å². The van der Waals surface area contributed by atoms with Crippen molar-refractivity contribution in [2.24, 2.45) is 7.05 Å². The maximum atomic E-state index is 12.4. The smallest absolute Gasteiger partial charge is 0.169 e. The van der Waals surface area contributed by atoms with Gasteiger partial charge in [0.1, 0.15) is 0 Å². The van der Waals surface area contributed by atoms with Crippen molar-refractivity contribution in [2.75, 3.05) is 0 Å². The molecule has 0 unspecified atom stereocenters. The lowest BCUT2D eigenvalue weighted by Crippen LogP contribution is -2.09. The van der Waals surface area contributed by atoms with Crippen molar-refractivity contribution >= 4 is 33.3 Å². The first kappa shape index (κ1) is 14.3. The minimum Gasteiger partial charge on any atom is -0.294 e. The van der Waals surface area contributed by atoms with Gasteiger partial charge < -0.3 is 0 Å². The van der Waals surface area contributed by atoms with Crippen molar-refractivity contribution in [3.8, 4) is 0 Å². The largest absolute Gasteiger partial charge is 0.294 e. The number of ketones is 1. The molecule has 0 aliphatic heterocycles. The minimum atomic E-state index is 0.0282. The van der Waals surface area contributed by atoms with E-state index in [1.165, 1.54) is 0 Å². The van der Waals surface area contributed by atoms with Gasteiger partial charge in [-0.1, -0.05) is 39.2 Å². The Morgan fingerprint density at radius 2 is 2.11 bits per heavy atom. The first-order chi connectivity index (χ1) is 8.90. The van der Waals surface area contributed by atoms with Gasteiger partial charge in [0.05, 0.1) is 22.8 Å². The summed E-state index contributed by atoms with van der Waals surface area (Å²) < 4.78 is 2.47. The summed E-state index contributed by atoms with van der Waals surface area (Å²) >= 11 is 9.58. The number of Topliss-reactive ketones (excluding diaryl/α,β-unsaturated/α-hetero) is 1. The van der Waals surface area contributed by atoms with Crippen LogP contribution >= 0.6 is 27.5 Å². The second-order valence-electron chi connectivity index (χ2n) is 4.55. The Hall–Kier alpha value is -1.13. The van der Waals surface area contributed by atoms with Gasteiger partial charge in [-0.3, -0.25) is 9.48 Å². The Bertz CT molecular complexity index is 649. The molecule has 0 radical (unpaired) electrons. The lowest BCUT2D eigenvalue weighted by atomic mass is 10.0. The fourth-order valence-electron chi connectivity index (χ4n) is 1.97. The van der Waals surface area contributed by atoms with E-state index < -0.39 is 0 Å². The molecule has 2 rings (SSSR count). The SMILES string of the molecule is Cc1ccc(Br)c(C(=O)Cc2c(Cl)c(C)nn2C)c1. The number of benzene rings is 1. The molecule has 1 aromatic carbocycles. The average molecular weight is 342 g/mol. The monoisotopic (exact) mass is 340 g/mol. The molecule has 0 aliphatic carbocycles. The van der Waals surface area contributed by atoms with Crippen molar-refractivity contribution in [3.05, 3.63) is 50.2 Å². The normalized spacial score (nSPS) is 10.8. The van der Waals surface area contributed by atoms with E-state index in [9.17, 15) is 4.79 Å². The zero-order valence-electron chi connectivity index (χ0n) is 11.0. The predicted molar refractivity (Wildman–Crippen MR) is 79.9 cm³/mol. The van der Waals surface area contributed by atoms with Gasteiger partial charge in [0.25, 0.3) is 0 Å². The summed E-state index contributed by atoms with van der Waals surface area (Å²) in [5.74, 6) is 0.0282. The molecular formula is C14H14BrClN2O. The van der Waals surface area contributed by atoms with E-state index in [0.717, 1.165) is 21.4 Å². The van der Waals surface area contributed by atoms with Gasteiger partial charge in [-0.2, -0.15) is 5.10 Å². The van der Waals surface area contributed by atoms with Crippen molar-refractivity contribution in [2.45, 2.75) is 20.3 Å². The summed E-state index contributed by atoms with van der Waals surface area (Å²) in [4.78, 5) is 12.4. The van der Waals surface area contributed by atoms with E-state index in [2.05, 4.69) is 21.0 Å². The molecule has 0 spiro atoms. The second-order valence-corrected chi connectivity index (χ2v) is 5.79. The van der Waals surface area contributed by atoms with E-state index in [1.807, 2.05) is 32.0 Å². The lowest BCUT2D eigenvalue weighted by Gasteiger charge is -2.06. The first-order valence-corrected chi connectivity index (χ1v) is 7.04. The van der Waals surface area contributed by atoms with E-state index in [1.54, 1.807) is 11.7 Å². The number of nitrogens with zero attached hydrogens (tertiary/aromatic N) is 2. The van der Waals surface area contributed by atoms with E-state index in [-0.39, 0.29) is 12.2 Å². The van der Waals surface area contributed by atoms with Gasteiger partial charge in [-0.05, 0) is 26.0 Å². The highest BCUT2D eigenvalue weighted by atomic mass is 79.9. The molecule has 2 aromatic rings. The number of rotatable bonds is 3. The highest BCUT2D eigenvalue weighted by Gasteiger charge is 2.17. The van der Waals surface area contributed by atoms with Crippen LogP contribution in [0.1, 0.15) is 27.3 Å². The maximum Gasteiger partial charge on any atom is 0.169 e. The molecular weight excluding hydrogens is 328 g/mol. The molecule has 3 nitrogen and oxygen atoms in total. The highest BCUT2D eigenvalue weighted by Crippen LogP contribution is 2.24. The average Bonchev–Trinajstić information content (AvgIpc) is 2.59. The number of carbonyl (C=O) groups is 1. The maximum absolute atomic E-state index is 12.4. The molecule has 0 N–H and O–H groups in total. The highest BCUT2D eigenvalue weighted by molar-refractivity contribution is 9.10. The summed E-state index contributed by atoms with van der Waals surface area (Å²) in [7, 11) is 1.80. The Balaban J connectivity index is 2.33. The van der Waals surface area contributed by atoms with Crippen molar-refractivity contribution in [1.29, 1.82) is 0 Å². The van der Waals surface area contributed by atoms with Crippen LogP contribution in [-0.2, 0) is 13.5 Å². The second kappa shape index (κ2) is 5.47. The van der Waals surface area contributed by atoms with Crippen LogP contribution < -0.4 is 0 Å². The predicted octanol–water partition coefficient (Wildman–Crippen LogP) is 3.88. The number of hydrogen-bond donors (Lipinski definition) is 0. The van der Waals surface area contributed by atoms with Crippen LogP contribution in [0.15, 0.2) is 22.7 Å². The summed E-state index contributed by atoms with van der Waals surface area (Å²) in [6, 6.07) is 5.73.